The highest BCUT2D eigenvalue weighted by Gasteiger charge is 2.02. The Kier molecular flexibility index (Phi) is 3.44. The molecule has 0 aromatic carbocycles. The Hall–Kier alpha value is -2.11. The van der Waals surface area contributed by atoms with Gasteiger partial charge in [-0.3, -0.25) is 9.59 Å². The number of aliphatic carboxylic acids is 1. The number of hydrogen-bond donors (Lipinski definition) is 1. The molecule has 0 spiro atoms. The Balaban J connectivity index is 3.06. The lowest BCUT2D eigenvalue weighted by Crippen LogP contribution is -2.39. The van der Waals surface area contributed by atoms with E-state index in [1.807, 2.05) is 0 Å². The van der Waals surface area contributed by atoms with Crippen LogP contribution in [0, 0.1) is 0 Å². The maximum atomic E-state index is 11.4. The van der Waals surface area contributed by atoms with Gasteiger partial charge in [0.1, 0.15) is 0 Å². The van der Waals surface area contributed by atoms with E-state index in [0.717, 1.165) is 4.57 Å². The van der Waals surface area contributed by atoms with E-state index in [0.29, 0.717) is 0 Å². The lowest BCUT2D eigenvalue weighted by molar-refractivity contribution is -0.132. The fourth-order valence-electron chi connectivity index (χ4n) is 1.06. The SMILES string of the molecule is CC(=CCn1ccn(C)c(=O)c1=O)C(=O)O. The smallest absolute Gasteiger partial charge is 0.331 e. The molecule has 86 valence electrons. The molecule has 0 unspecified atom stereocenters. The van der Waals surface area contributed by atoms with Crippen molar-refractivity contribution in [1.29, 1.82) is 0 Å². The van der Waals surface area contributed by atoms with Crippen molar-refractivity contribution in [3.63, 3.8) is 0 Å². The van der Waals surface area contributed by atoms with Gasteiger partial charge in [0.15, 0.2) is 0 Å². The van der Waals surface area contributed by atoms with Gasteiger partial charge in [-0.15, -0.1) is 0 Å². The first-order chi connectivity index (χ1) is 7.43. The van der Waals surface area contributed by atoms with Crippen molar-refractivity contribution in [2.45, 2.75) is 13.5 Å². The van der Waals surface area contributed by atoms with Gasteiger partial charge in [0.25, 0.3) is 0 Å². The zero-order valence-electron chi connectivity index (χ0n) is 9.01. The van der Waals surface area contributed by atoms with Gasteiger partial charge in [0.05, 0.1) is 0 Å². The maximum Gasteiger partial charge on any atom is 0.331 e. The van der Waals surface area contributed by atoms with E-state index >= 15 is 0 Å². The fraction of sp³-hybridized carbons (Fsp3) is 0.300. The van der Waals surface area contributed by atoms with Crippen molar-refractivity contribution < 1.29 is 9.90 Å². The third-order valence-electron chi connectivity index (χ3n) is 2.17. The van der Waals surface area contributed by atoms with Crippen LogP contribution in [-0.4, -0.2) is 20.2 Å². The largest absolute Gasteiger partial charge is 0.478 e. The average Bonchev–Trinajstić information content (AvgIpc) is 2.24. The monoisotopic (exact) mass is 224 g/mol. The maximum absolute atomic E-state index is 11.4. The number of nitrogens with zero attached hydrogens (tertiary/aromatic N) is 2. The van der Waals surface area contributed by atoms with E-state index in [9.17, 15) is 14.4 Å². The molecule has 0 saturated carbocycles. The van der Waals surface area contributed by atoms with E-state index < -0.39 is 17.1 Å². The minimum Gasteiger partial charge on any atom is -0.478 e. The molecular formula is C10H12N2O4. The summed E-state index contributed by atoms with van der Waals surface area (Å²) in [6.07, 6.45) is 4.27. The first kappa shape index (κ1) is 12.0. The second kappa shape index (κ2) is 4.61. The molecule has 1 N–H and O–H groups in total. The zero-order valence-corrected chi connectivity index (χ0v) is 9.01. The van der Waals surface area contributed by atoms with Crippen molar-refractivity contribution in [1.82, 2.24) is 9.13 Å². The van der Waals surface area contributed by atoms with Crippen molar-refractivity contribution in [3.05, 3.63) is 44.8 Å². The van der Waals surface area contributed by atoms with Gasteiger partial charge in [-0.25, -0.2) is 4.79 Å². The predicted octanol–water partition coefficient (Wildman–Crippen LogP) is -0.422. The molecule has 6 heteroatoms. The summed E-state index contributed by atoms with van der Waals surface area (Å²) in [7, 11) is 1.48. The standard InChI is InChI=1S/C10H12N2O4/c1-7(10(15)16)3-4-12-6-5-11(2)8(13)9(12)14/h3,5-6H,4H2,1-2H3,(H,15,16). The number of hydrogen-bond acceptors (Lipinski definition) is 3. The van der Waals surface area contributed by atoms with Gasteiger partial charge < -0.3 is 14.2 Å². The van der Waals surface area contributed by atoms with Crippen LogP contribution >= 0.6 is 0 Å². The van der Waals surface area contributed by atoms with Gasteiger partial charge in [-0.2, -0.15) is 0 Å². The van der Waals surface area contributed by atoms with E-state index in [2.05, 4.69) is 0 Å². The summed E-state index contributed by atoms with van der Waals surface area (Å²) >= 11 is 0. The molecule has 1 aromatic heterocycles. The Bertz CT molecular complexity index is 551. The number of carbonyl (C=O) groups is 1. The van der Waals surface area contributed by atoms with Crippen LogP contribution in [0.15, 0.2) is 33.6 Å². The van der Waals surface area contributed by atoms with Crippen LogP contribution in [0.4, 0.5) is 0 Å². The molecule has 0 atom stereocenters. The molecule has 0 bridgehead atoms. The lowest BCUT2D eigenvalue weighted by atomic mass is 10.3. The number of carboxylic acids is 1. The molecule has 1 heterocycles. The second-order valence-corrected chi connectivity index (χ2v) is 3.36. The van der Waals surface area contributed by atoms with Crippen molar-refractivity contribution in [2.24, 2.45) is 7.05 Å². The molecule has 1 rings (SSSR count). The van der Waals surface area contributed by atoms with E-state index in [-0.39, 0.29) is 12.1 Å². The molecular weight excluding hydrogens is 212 g/mol. The van der Waals surface area contributed by atoms with Crippen LogP contribution in [0.25, 0.3) is 0 Å². The van der Waals surface area contributed by atoms with Crippen molar-refractivity contribution in [3.8, 4) is 0 Å². The number of carboxylic acid groups (broad SMARTS) is 1. The molecule has 0 aliphatic rings. The van der Waals surface area contributed by atoms with Crippen LogP contribution in [0.5, 0.6) is 0 Å². The minimum atomic E-state index is -1.04. The van der Waals surface area contributed by atoms with Crippen molar-refractivity contribution >= 4 is 5.97 Å². The lowest BCUT2D eigenvalue weighted by Gasteiger charge is -2.02. The van der Waals surface area contributed by atoms with E-state index in [1.165, 1.54) is 37.0 Å². The van der Waals surface area contributed by atoms with Crippen LogP contribution in [0.1, 0.15) is 6.92 Å². The van der Waals surface area contributed by atoms with Gasteiger partial charge in [-0.05, 0) is 6.92 Å². The predicted molar refractivity (Wildman–Crippen MR) is 57.3 cm³/mol. The minimum absolute atomic E-state index is 0.0764. The van der Waals surface area contributed by atoms with E-state index in [1.54, 1.807) is 0 Å². The Morgan fingerprint density at radius 2 is 2.00 bits per heavy atom. The van der Waals surface area contributed by atoms with Crippen LogP contribution in [0.2, 0.25) is 0 Å². The number of aryl methyl sites for hydroxylation is 1. The normalized spacial score (nSPS) is 11.5. The van der Waals surface area contributed by atoms with Crippen LogP contribution < -0.4 is 11.1 Å². The Morgan fingerprint density at radius 1 is 1.38 bits per heavy atom. The number of allylic oxidation sites excluding steroid dienone is 1. The Labute approximate surface area is 91.1 Å². The molecule has 1 aromatic rings. The first-order valence-corrected chi connectivity index (χ1v) is 4.59. The first-order valence-electron chi connectivity index (χ1n) is 4.59. The zero-order chi connectivity index (χ0) is 12.3. The highest BCUT2D eigenvalue weighted by Crippen LogP contribution is 1.92. The van der Waals surface area contributed by atoms with Gasteiger partial charge in [0, 0.05) is 31.6 Å². The van der Waals surface area contributed by atoms with Crippen LogP contribution in [0.3, 0.4) is 0 Å². The third kappa shape index (κ3) is 2.47. The molecule has 16 heavy (non-hydrogen) atoms. The molecule has 0 radical (unpaired) electrons. The molecule has 0 aliphatic carbocycles. The highest BCUT2D eigenvalue weighted by atomic mass is 16.4. The molecule has 0 saturated heterocycles. The van der Waals surface area contributed by atoms with Gasteiger partial charge >= 0.3 is 17.1 Å². The average molecular weight is 224 g/mol. The summed E-state index contributed by atoms with van der Waals surface area (Å²) < 4.78 is 2.33. The summed E-state index contributed by atoms with van der Waals surface area (Å²) in [5.41, 5.74) is -1.17. The molecule has 0 amide bonds. The number of rotatable bonds is 3. The fourth-order valence-corrected chi connectivity index (χ4v) is 1.06. The van der Waals surface area contributed by atoms with Crippen LogP contribution in [-0.2, 0) is 18.4 Å². The molecule has 0 aliphatic heterocycles. The van der Waals surface area contributed by atoms with Crippen molar-refractivity contribution in [2.75, 3.05) is 0 Å². The summed E-state index contributed by atoms with van der Waals surface area (Å²) in [5.74, 6) is -1.04. The Morgan fingerprint density at radius 3 is 2.56 bits per heavy atom. The third-order valence-corrected chi connectivity index (χ3v) is 2.17. The topological polar surface area (TPSA) is 81.3 Å². The van der Waals surface area contributed by atoms with Gasteiger partial charge in [0.2, 0.25) is 0 Å². The highest BCUT2D eigenvalue weighted by molar-refractivity contribution is 5.85. The number of aromatic nitrogens is 2. The molecule has 0 fully saturated rings. The second-order valence-electron chi connectivity index (χ2n) is 3.36. The summed E-state index contributed by atoms with van der Waals surface area (Å²) in [4.78, 5) is 33.2. The van der Waals surface area contributed by atoms with E-state index in [4.69, 9.17) is 5.11 Å². The summed E-state index contributed by atoms with van der Waals surface area (Å²) in [6, 6.07) is 0. The summed E-state index contributed by atoms with van der Waals surface area (Å²) in [6.45, 7) is 1.50. The van der Waals surface area contributed by atoms with Gasteiger partial charge in [-0.1, -0.05) is 6.08 Å². The molecule has 6 nitrogen and oxygen atoms in total. The quantitative estimate of drug-likeness (QED) is 0.558. The summed E-state index contributed by atoms with van der Waals surface area (Å²) in [5, 5.41) is 8.61.